The van der Waals surface area contributed by atoms with Gasteiger partial charge in [-0.15, -0.1) is 0 Å². The topological polar surface area (TPSA) is 77.4 Å². The molecule has 0 saturated carbocycles. The van der Waals surface area contributed by atoms with Gasteiger partial charge in [0.1, 0.15) is 5.75 Å². The van der Waals surface area contributed by atoms with Gasteiger partial charge in [-0.2, -0.15) is 13.9 Å². The van der Waals surface area contributed by atoms with Crippen LogP contribution in [0.4, 0.5) is 20.2 Å². The van der Waals surface area contributed by atoms with Crippen LogP contribution in [0.3, 0.4) is 0 Å². The number of ether oxygens (including phenoxy) is 2. The first-order chi connectivity index (χ1) is 16.9. The Labute approximate surface area is 215 Å². The van der Waals surface area contributed by atoms with Gasteiger partial charge in [-0.05, 0) is 73.7 Å². The SMILES string of the molecule is O=C(Nc1ccc(OCC(F)(F)I)cc1)c1cc2c(c(-c3ccnn3C3CCCCO3)c1)NCC2. The van der Waals surface area contributed by atoms with Crippen LogP contribution in [0.25, 0.3) is 11.3 Å². The molecule has 1 fully saturated rings. The Kier molecular flexibility index (Phi) is 6.92. The number of aromatic nitrogens is 2. The van der Waals surface area contributed by atoms with Crippen LogP contribution in [0.1, 0.15) is 41.4 Å². The molecule has 7 nitrogen and oxygen atoms in total. The summed E-state index contributed by atoms with van der Waals surface area (Å²) in [5.74, 6) is 0.0526. The van der Waals surface area contributed by atoms with Crippen LogP contribution in [0.2, 0.25) is 0 Å². The van der Waals surface area contributed by atoms with Crippen LogP contribution in [-0.4, -0.2) is 39.4 Å². The van der Waals surface area contributed by atoms with Crippen molar-refractivity contribution in [2.45, 2.75) is 35.8 Å². The van der Waals surface area contributed by atoms with E-state index in [-0.39, 0.29) is 12.1 Å². The third-order valence-electron chi connectivity index (χ3n) is 6.07. The van der Waals surface area contributed by atoms with E-state index in [1.165, 1.54) is 0 Å². The molecule has 2 N–H and O–H groups in total. The van der Waals surface area contributed by atoms with E-state index in [1.54, 1.807) is 30.5 Å². The first-order valence-electron chi connectivity index (χ1n) is 11.5. The molecule has 2 aromatic carbocycles. The minimum atomic E-state index is -2.94. The molecule has 2 aliphatic rings. The van der Waals surface area contributed by atoms with Crippen molar-refractivity contribution >= 4 is 39.9 Å². The van der Waals surface area contributed by atoms with Crippen molar-refractivity contribution in [1.29, 1.82) is 0 Å². The van der Waals surface area contributed by atoms with Gasteiger partial charge in [0.05, 0.1) is 5.69 Å². The van der Waals surface area contributed by atoms with E-state index in [0.29, 0.717) is 23.6 Å². The summed E-state index contributed by atoms with van der Waals surface area (Å²) < 4.78 is 36.0. The lowest BCUT2D eigenvalue weighted by Crippen LogP contribution is -2.20. The highest BCUT2D eigenvalue weighted by Gasteiger charge is 2.26. The molecule has 1 amide bonds. The minimum absolute atomic E-state index is 0.115. The summed E-state index contributed by atoms with van der Waals surface area (Å²) in [5, 5.41) is 10.9. The maximum atomic E-state index is 13.2. The molecule has 0 aliphatic carbocycles. The Hall–Kier alpha value is -2.73. The highest BCUT2D eigenvalue weighted by atomic mass is 127. The predicted octanol–water partition coefficient (Wildman–Crippen LogP) is 5.88. The molecule has 2 aliphatic heterocycles. The zero-order valence-corrected chi connectivity index (χ0v) is 21.1. The second-order valence-corrected chi connectivity index (χ2v) is 10.2. The summed E-state index contributed by atoms with van der Waals surface area (Å²) in [7, 11) is 0. The van der Waals surface area contributed by atoms with Crippen molar-refractivity contribution in [2.24, 2.45) is 0 Å². The molecule has 10 heteroatoms. The smallest absolute Gasteiger partial charge is 0.329 e. The zero-order chi connectivity index (χ0) is 24.4. The Morgan fingerprint density at radius 2 is 2.09 bits per heavy atom. The molecule has 184 valence electrons. The molecule has 0 spiro atoms. The van der Waals surface area contributed by atoms with E-state index in [4.69, 9.17) is 9.47 Å². The van der Waals surface area contributed by atoms with Gasteiger partial charge in [-0.3, -0.25) is 4.79 Å². The first-order valence-corrected chi connectivity index (χ1v) is 12.6. The number of rotatable bonds is 7. The Morgan fingerprint density at radius 1 is 1.26 bits per heavy atom. The highest BCUT2D eigenvalue weighted by molar-refractivity contribution is 14.1. The van der Waals surface area contributed by atoms with Crippen molar-refractivity contribution in [3.63, 3.8) is 0 Å². The molecule has 3 heterocycles. The van der Waals surface area contributed by atoms with Gasteiger partial charge in [0.2, 0.25) is 0 Å². The number of halogens is 3. The molecule has 0 radical (unpaired) electrons. The van der Waals surface area contributed by atoms with Gasteiger partial charge in [-0.1, -0.05) is 0 Å². The van der Waals surface area contributed by atoms with Gasteiger partial charge in [-0.25, -0.2) is 4.68 Å². The Balaban J connectivity index is 1.38. The third kappa shape index (κ3) is 5.58. The van der Waals surface area contributed by atoms with E-state index in [0.717, 1.165) is 77.3 Å². The number of fused-ring (bicyclic) bond motifs is 1. The molecular formula is C25H25F2IN4O3. The number of amides is 1. The average molecular weight is 594 g/mol. The number of anilines is 2. The van der Waals surface area contributed by atoms with Crippen LogP contribution in [0.5, 0.6) is 5.75 Å². The van der Waals surface area contributed by atoms with Crippen LogP contribution < -0.4 is 15.4 Å². The van der Waals surface area contributed by atoms with E-state index >= 15 is 0 Å². The zero-order valence-electron chi connectivity index (χ0n) is 18.9. The second kappa shape index (κ2) is 10.1. The fourth-order valence-corrected chi connectivity index (χ4v) is 4.60. The standard InChI is InChI=1S/C25H25F2IN4O3/c26-25(27,28)15-35-19-6-4-18(5-7-19)31-24(33)17-13-16-8-10-29-23(16)20(14-17)21-9-11-30-32(21)22-3-1-2-12-34-22/h4-7,9,11,13-14,22,29H,1-3,8,10,12,15H2,(H,31,33). The summed E-state index contributed by atoms with van der Waals surface area (Å²) in [6.07, 6.45) is 5.52. The fourth-order valence-electron chi connectivity index (χ4n) is 4.44. The van der Waals surface area contributed by atoms with Crippen molar-refractivity contribution in [2.75, 3.05) is 30.4 Å². The fraction of sp³-hybridized carbons (Fsp3) is 0.360. The van der Waals surface area contributed by atoms with Gasteiger partial charge in [0.15, 0.2) is 12.8 Å². The molecule has 3 aromatic rings. The molecular weight excluding hydrogens is 569 g/mol. The normalized spacial score (nSPS) is 17.5. The number of carbonyl (C=O) groups excluding carboxylic acids is 1. The predicted molar refractivity (Wildman–Crippen MR) is 138 cm³/mol. The molecule has 5 rings (SSSR count). The molecule has 1 saturated heterocycles. The van der Waals surface area contributed by atoms with E-state index < -0.39 is 10.5 Å². The van der Waals surface area contributed by atoms with E-state index in [9.17, 15) is 13.6 Å². The van der Waals surface area contributed by atoms with Crippen molar-refractivity contribution < 1.29 is 23.0 Å². The lowest BCUT2D eigenvalue weighted by atomic mass is 9.99. The largest absolute Gasteiger partial charge is 0.486 e. The van der Waals surface area contributed by atoms with Crippen molar-refractivity contribution in [3.8, 4) is 17.0 Å². The number of benzene rings is 2. The van der Waals surface area contributed by atoms with Crippen LogP contribution in [0.15, 0.2) is 48.7 Å². The third-order valence-corrected chi connectivity index (χ3v) is 6.38. The molecule has 1 atom stereocenters. The minimum Gasteiger partial charge on any atom is -0.486 e. The summed E-state index contributed by atoms with van der Waals surface area (Å²) in [6, 6.07) is 12.1. The molecule has 35 heavy (non-hydrogen) atoms. The number of carbonyl (C=O) groups is 1. The number of nitrogens with zero attached hydrogens (tertiary/aromatic N) is 2. The second-order valence-electron chi connectivity index (χ2n) is 8.60. The highest BCUT2D eigenvalue weighted by Crippen LogP contribution is 2.38. The van der Waals surface area contributed by atoms with Crippen molar-refractivity contribution in [1.82, 2.24) is 9.78 Å². The molecule has 0 bridgehead atoms. The Bertz CT molecular complexity index is 1200. The van der Waals surface area contributed by atoms with Crippen LogP contribution in [0, 0.1) is 0 Å². The first kappa shape index (κ1) is 24.0. The number of nitrogens with one attached hydrogen (secondary N) is 2. The summed E-state index contributed by atoms with van der Waals surface area (Å²) in [6.45, 7) is 0.806. The number of hydrogen-bond donors (Lipinski definition) is 2. The van der Waals surface area contributed by atoms with Gasteiger partial charge in [0, 0.05) is 64.4 Å². The van der Waals surface area contributed by atoms with Gasteiger partial charge in [0.25, 0.3) is 5.91 Å². The summed E-state index contributed by atoms with van der Waals surface area (Å²) in [4.78, 5) is 13.2. The van der Waals surface area contributed by atoms with Crippen molar-refractivity contribution in [3.05, 3.63) is 59.8 Å². The number of alkyl halides is 3. The van der Waals surface area contributed by atoms with Crippen LogP contribution >= 0.6 is 22.6 Å². The van der Waals surface area contributed by atoms with Gasteiger partial charge < -0.3 is 20.1 Å². The average Bonchev–Trinajstić information content (AvgIpc) is 3.53. The van der Waals surface area contributed by atoms with Gasteiger partial charge >= 0.3 is 3.93 Å². The van der Waals surface area contributed by atoms with E-state index in [2.05, 4.69) is 15.7 Å². The quantitative estimate of drug-likeness (QED) is 0.264. The lowest BCUT2D eigenvalue weighted by molar-refractivity contribution is -0.0383. The maximum Gasteiger partial charge on any atom is 0.329 e. The van der Waals surface area contributed by atoms with Crippen LogP contribution in [-0.2, 0) is 11.2 Å². The maximum absolute atomic E-state index is 13.2. The molecule has 1 unspecified atom stereocenters. The Morgan fingerprint density at radius 3 is 2.83 bits per heavy atom. The monoisotopic (exact) mass is 594 g/mol. The summed E-state index contributed by atoms with van der Waals surface area (Å²) in [5.41, 5.74) is 5.00. The number of hydrogen-bond acceptors (Lipinski definition) is 5. The van der Waals surface area contributed by atoms with E-state index in [1.807, 2.05) is 22.9 Å². The lowest BCUT2D eigenvalue weighted by Gasteiger charge is -2.25. The summed E-state index contributed by atoms with van der Waals surface area (Å²) >= 11 is 1.03. The molecule has 1 aromatic heterocycles.